The lowest BCUT2D eigenvalue weighted by Crippen LogP contribution is -2.19. The van der Waals surface area contributed by atoms with Crippen molar-refractivity contribution in [2.24, 2.45) is 0 Å². The minimum atomic E-state index is -0.0539. The molecule has 3 heteroatoms. The van der Waals surface area contributed by atoms with Gasteiger partial charge >= 0.3 is 5.97 Å². The van der Waals surface area contributed by atoms with E-state index < -0.39 is 0 Å². The molecule has 0 bridgehead atoms. The first-order valence-corrected chi connectivity index (χ1v) is 7.34. The van der Waals surface area contributed by atoms with Gasteiger partial charge in [-0.1, -0.05) is 46.5 Å². The zero-order valence-corrected chi connectivity index (χ0v) is 12.5. The van der Waals surface area contributed by atoms with Crippen molar-refractivity contribution in [1.82, 2.24) is 0 Å². The molecule has 1 unspecified atom stereocenters. The van der Waals surface area contributed by atoms with Gasteiger partial charge in [0.05, 0.1) is 6.61 Å². The van der Waals surface area contributed by atoms with E-state index in [2.05, 4.69) is 33.4 Å². The Hall–Kier alpha value is -0.180. The molecule has 0 heterocycles. The van der Waals surface area contributed by atoms with Crippen LogP contribution in [0.3, 0.4) is 0 Å². The Bertz CT molecular complexity index is 202. The Morgan fingerprint density at radius 2 is 1.82 bits per heavy atom. The topological polar surface area (TPSA) is 26.3 Å². The molecule has 1 atom stereocenters. The third-order valence-corrected chi connectivity index (χ3v) is 3.69. The van der Waals surface area contributed by atoms with Gasteiger partial charge in [0.15, 0.2) is 0 Å². The molecule has 0 spiro atoms. The largest absolute Gasteiger partial charge is 0.466 e. The maximum atomic E-state index is 11.4. The molecule has 17 heavy (non-hydrogen) atoms. The molecule has 0 amide bonds. The van der Waals surface area contributed by atoms with Gasteiger partial charge in [-0.15, -0.1) is 0 Å². The van der Waals surface area contributed by atoms with Gasteiger partial charge in [-0.05, 0) is 19.3 Å². The van der Waals surface area contributed by atoms with Crippen molar-refractivity contribution in [3.8, 4) is 0 Å². The van der Waals surface area contributed by atoms with E-state index in [1.807, 2.05) is 0 Å². The van der Waals surface area contributed by atoms with Crippen molar-refractivity contribution < 1.29 is 9.53 Å². The predicted octanol–water partition coefficient (Wildman–Crippen LogP) is 4.38. The van der Waals surface area contributed by atoms with E-state index in [4.69, 9.17) is 4.74 Å². The van der Waals surface area contributed by atoms with Crippen LogP contribution in [0.25, 0.3) is 0 Å². The summed E-state index contributed by atoms with van der Waals surface area (Å²) in [6.45, 7) is 6.87. The monoisotopic (exact) mass is 260 g/mol. The second-order valence-electron chi connectivity index (χ2n) is 4.99. The third kappa shape index (κ3) is 10.7. The Morgan fingerprint density at radius 1 is 1.18 bits per heavy atom. The SMILES string of the molecule is CCCCCCCC(=O)OCCC(C)(S)CC. The third-order valence-electron chi connectivity index (χ3n) is 3.15. The van der Waals surface area contributed by atoms with Gasteiger partial charge in [0.1, 0.15) is 0 Å². The number of rotatable bonds is 10. The summed E-state index contributed by atoms with van der Waals surface area (Å²) < 4.78 is 5.19. The molecule has 0 saturated carbocycles. The average molecular weight is 260 g/mol. The van der Waals surface area contributed by atoms with Crippen molar-refractivity contribution in [2.75, 3.05) is 6.61 Å². The molecule has 0 N–H and O–H groups in total. The zero-order valence-electron chi connectivity index (χ0n) is 11.6. The molecule has 0 rings (SSSR count). The molecule has 0 aromatic rings. The number of hydrogen-bond donors (Lipinski definition) is 1. The molecule has 0 aromatic heterocycles. The van der Waals surface area contributed by atoms with Gasteiger partial charge in [0, 0.05) is 11.2 Å². The summed E-state index contributed by atoms with van der Waals surface area (Å²) >= 11 is 4.51. The summed E-state index contributed by atoms with van der Waals surface area (Å²) in [6.07, 6.45) is 8.23. The standard InChI is InChI=1S/C14H28O2S/c1-4-6-7-8-9-10-13(15)16-12-11-14(3,17)5-2/h17H,4-12H2,1-3H3. The van der Waals surface area contributed by atoms with Crippen molar-refractivity contribution in [3.63, 3.8) is 0 Å². The number of carbonyl (C=O) groups is 1. The molecular formula is C14H28O2S. The van der Waals surface area contributed by atoms with Gasteiger partial charge in [0.25, 0.3) is 0 Å². The predicted molar refractivity (Wildman–Crippen MR) is 76.6 cm³/mol. The van der Waals surface area contributed by atoms with Crippen LogP contribution in [-0.4, -0.2) is 17.3 Å². The molecule has 0 saturated heterocycles. The van der Waals surface area contributed by atoms with Gasteiger partial charge in [-0.25, -0.2) is 0 Å². The van der Waals surface area contributed by atoms with E-state index in [0.29, 0.717) is 13.0 Å². The highest BCUT2D eigenvalue weighted by Crippen LogP contribution is 2.22. The van der Waals surface area contributed by atoms with Crippen LogP contribution >= 0.6 is 12.6 Å². The van der Waals surface area contributed by atoms with E-state index >= 15 is 0 Å². The van der Waals surface area contributed by atoms with E-state index in [1.54, 1.807) is 0 Å². The van der Waals surface area contributed by atoms with E-state index in [0.717, 1.165) is 25.7 Å². The summed E-state index contributed by atoms with van der Waals surface area (Å²) in [4.78, 5) is 11.4. The Labute approximate surface area is 112 Å². The second kappa shape index (κ2) is 9.81. The van der Waals surface area contributed by atoms with Crippen LogP contribution in [0.15, 0.2) is 0 Å². The minimum absolute atomic E-state index is 0.0125. The number of carbonyl (C=O) groups excluding carboxylic acids is 1. The number of thiol groups is 1. The number of esters is 1. The lowest BCUT2D eigenvalue weighted by molar-refractivity contribution is -0.144. The Morgan fingerprint density at radius 3 is 2.41 bits per heavy atom. The fourth-order valence-electron chi connectivity index (χ4n) is 1.51. The molecule has 0 fully saturated rings. The molecular weight excluding hydrogens is 232 g/mol. The molecule has 0 aromatic carbocycles. The molecule has 0 aliphatic heterocycles. The second-order valence-corrected chi connectivity index (χ2v) is 6.06. The van der Waals surface area contributed by atoms with Crippen LogP contribution in [0, 0.1) is 0 Å². The van der Waals surface area contributed by atoms with Gasteiger partial charge in [0.2, 0.25) is 0 Å². The number of unbranched alkanes of at least 4 members (excludes halogenated alkanes) is 4. The Balaban J connectivity index is 3.41. The lowest BCUT2D eigenvalue weighted by Gasteiger charge is -2.20. The normalized spacial score (nSPS) is 14.4. The van der Waals surface area contributed by atoms with Crippen molar-refractivity contribution in [2.45, 2.75) is 76.9 Å². The van der Waals surface area contributed by atoms with E-state index in [9.17, 15) is 4.79 Å². The molecule has 102 valence electrons. The zero-order chi connectivity index (χ0) is 13.1. The summed E-state index contributed by atoms with van der Waals surface area (Å²) in [5.41, 5.74) is 0. The first-order valence-electron chi connectivity index (χ1n) is 6.90. The van der Waals surface area contributed by atoms with Crippen molar-refractivity contribution in [3.05, 3.63) is 0 Å². The first-order chi connectivity index (χ1) is 8.02. The van der Waals surface area contributed by atoms with E-state index in [1.165, 1.54) is 19.3 Å². The summed E-state index contributed by atoms with van der Waals surface area (Å²) in [7, 11) is 0. The minimum Gasteiger partial charge on any atom is -0.466 e. The van der Waals surface area contributed by atoms with Crippen LogP contribution in [0.2, 0.25) is 0 Å². The van der Waals surface area contributed by atoms with Crippen LogP contribution in [0.1, 0.15) is 72.1 Å². The van der Waals surface area contributed by atoms with Crippen LogP contribution < -0.4 is 0 Å². The van der Waals surface area contributed by atoms with Crippen LogP contribution in [0.4, 0.5) is 0 Å². The van der Waals surface area contributed by atoms with Crippen LogP contribution in [-0.2, 0) is 9.53 Å². The Kier molecular flexibility index (Phi) is 9.71. The highest BCUT2D eigenvalue weighted by Gasteiger charge is 2.16. The average Bonchev–Trinajstić information content (AvgIpc) is 2.28. The molecule has 0 radical (unpaired) electrons. The maximum absolute atomic E-state index is 11.4. The number of hydrogen-bond acceptors (Lipinski definition) is 3. The number of ether oxygens (including phenoxy) is 1. The quantitative estimate of drug-likeness (QED) is 0.358. The molecule has 2 nitrogen and oxygen atoms in total. The van der Waals surface area contributed by atoms with Gasteiger partial charge < -0.3 is 4.74 Å². The highest BCUT2D eigenvalue weighted by atomic mass is 32.1. The fraction of sp³-hybridized carbons (Fsp3) is 0.929. The van der Waals surface area contributed by atoms with Crippen LogP contribution in [0.5, 0.6) is 0 Å². The summed E-state index contributed by atoms with van der Waals surface area (Å²) in [5.74, 6) is -0.0539. The van der Waals surface area contributed by atoms with Crippen molar-refractivity contribution >= 4 is 18.6 Å². The van der Waals surface area contributed by atoms with E-state index in [-0.39, 0.29) is 10.7 Å². The smallest absolute Gasteiger partial charge is 0.305 e. The maximum Gasteiger partial charge on any atom is 0.305 e. The fourth-order valence-corrected chi connectivity index (χ4v) is 1.60. The molecule has 0 aliphatic carbocycles. The molecule has 0 aliphatic rings. The van der Waals surface area contributed by atoms with Gasteiger partial charge in [-0.2, -0.15) is 12.6 Å². The first kappa shape index (κ1) is 16.8. The highest BCUT2D eigenvalue weighted by molar-refractivity contribution is 7.81. The van der Waals surface area contributed by atoms with Gasteiger partial charge in [-0.3, -0.25) is 4.79 Å². The summed E-state index contributed by atoms with van der Waals surface area (Å²) in [5, 5.41) is 0. The van der Waals surface area contributed by atoms with Crippen molar-refractivity contribution in [1.29, 1.82) is 0 Å². The lowest BCUT2D eigenvalue weighted by atomic mass is 10.1. The summed E-state index contributed by atoms with van der Waals surface area (Å²) in [6, 6.07) is 0.